The first-order valence-electron chi connectivity index (χ1n) is 3.76. The van der Waals surface area contributed by atoms with Gasteiger partial charge in [-0.1, -0.05) is 13.3 Å². The Morgan fingerprint density at radius 3 is 2.90 bits per heavy atom. The summed E-state index contributed by atoms with van der Waals surface area (Å²) in [7, 11) is 0. The maximum absolute atomic E-state index is 11.0. The Bertz CT molecular complexity index is 134. The summed E-state index contributed by atoms with van der Waals surface area (Å²) in [6, 6.07) is 0. The fraction of sp³-hybridized carbons (Fsp3) is 0.857. The number of rotatable bonds is 2. The summed E-state index contributed by atoms with van der Waals surface area (Å²) in [4.78, 5) is 11.0. The number of hydroxylamine groups is 2. The fourth-order valence-electron chi connectivity index (χ4n) is 1.34. The van der Waals surface area contributed by atoms with Crippen molar-refractivity contribution >= 4 is 5.91 Å². The van der Waals surface area contributed by atoms with Gasteiger partial charge in [0.2, 0.25) is 5.91 Å². The van der Waals surface area contributed by atoms with Crippen molar-refractivity contribution in [3.05, 3.63) is 0 Å². The highest BCUT2D eigenvalue weighted by Crippen LogP contribution is 2.20. The van der Waals surface area contributed by atoms with Gasteiger partial charge in [0.1, 0.15) is 0 Å². The number of amides is 1. The van der Waals surface area contributed by atoms with Crippen molar-refractivity contribution in [3.8, 4) is 0 Å². The van der Waals surface area contributed by atoms with Gasteiger partial charge in [-0.25, -0.2) is 5.06 Å². The van der Waals surface area contributed by atoms with Crippen LogP contribution in [0.3, 0.4) is 0 Å². The molecule has 0 spiro atoms. The highest BCUT2D eigenvalue weighted by Gasteiger charge is 2.29. The van der Waals surface area contributed by atoms with Crippen LogP contribution in [0.5, 0.6) is 0 Å². The van der Waals surface area contributed by atoms with Gasteiger partial charge in [0, 0.05) is 12.5 Å². The summed E-state index contributed by atoms with van der Waals surface area (Å²) >= 11 is 0. The van der Waals surface area contributed by atoms with Crippen molar-refractivity contribution < 1.29 is 10.0 Å². The van der Waals surface area contributed by atoms with Crippen LogP contribution < -0.4 is 0 Å². The standard InChI is InChI=1S/C7H13NO2/c1-2-3-6-4-5-8(10)7(6)9/h6,10H,2-5H2,1H3. The maximum Gasteiger partial charge on any atom is 0.249 e. The Balaban J connectivity index is 2.41. The second-order valence-electron chi connectivity index (χ2n) is 2.74. The average molecular weight is 143 g/mol. The zero-order chi connectivity index (χ0) is 7.56. The maximum atomic E-state index is 11.0. The molecule has 3 nitrogen and oxygen atoms in total. The monoisotopic (exact) mass is 143 g/mol. The Morgan fingerprint density at radius 1 is 1.80 bits per heavy atom. The van der Waals surface area contributed by atoms with Gasteiger partial charge >= 0.3 is 0 Å². The topological polar surface area (TPSA) is 40.5 Å². The minimum atomic E-state index is -0.0955. The summed E-state index contributed by atoms with van der Waals surface area (Å²) < 4.78 is 0. The molecule has 3 heteroatoms. The second-order valence-corrected chi connectivity index (χ2v) is 2.74. The molecular weight excluding hydrogens is 130 g/mol. The molecule has 0 saturated carbocycles. The number of hydrogen-bond donors (Lipinski definition) is 1. The van der Waals surface area contributed by atoms with Crippen molar-refractivity contribution in [1.82, 2.24) is 5.06 Å². The minimum absolute atomic E-state index is 0.0926. The Kier molecular flexibility index (Phi) is 2.27. The molecule has 0 aromatic heterocycles. The fourth-order valence-corrected chi connectivity index (χ4v) is 1.34. The lowest BCUT2D eigenvalue weighted by atomic mass is 10.0. The molecule has 1 fully saturated rings. The molecule has 1 atom stereocenters. The molecule has 1 aliphatic rings. The largest absolute Gasteiger partial charge is 0.286 e. The van der Waals surface area contributed by atoms with Crippen LogP contribution in [0.25, 0.3) is 0 Å². The first kappa shape index (κ1) is 7.54. The van der Waals surface area contributed by atoms with Gasteiger partial charge in [0.15, 0.2) is 0 Å². The van der Waals surface area contributed by atoms with Gasteiger partial charge in [-0.3, -0.25) is 10.0 Å². The Morgan fingerprint density at radius 2 is 2.50 bits per heavy atom. The highest BCUT2D eigenvalue weighted by molar-refractivity contribution is 5.79. The van der Waals surface area contributed by atoms with Crippen molar-refractivity contribution in [2.24, 2.45) is 5.92 Å². The van der Waals surface area contributed by atoms with E-state index in [9.17, 15) is 4.79 Å². The summed E-state index contributed by atoms with van der Waals surface area (Å²) in [5.74, 6) is -0.00292. The molecule has 1 unspecified atom stereocenters. The molecular formula is C7H13NO2. The van der Waals surface area contributed by atoms with E-state index < -0.39 is 0 Å². The molecule has 1 rings (SSSR count). The third kappa shape index (κ3) is 1.29. The van der Waals surface area contributed by atoms with Crippen LogP contribution in [0.4, 0.5) is 0 Å². The lowest BCUT2D eigenvalue weighted by Crippen LogP contribution is -2.23. The van der Waals surface area contributed by atoms with Gasteiger partial charge in [-0.05, 0) is 12.8 Å². The zero-order valence-electron chi connectivity index (χ0n) is 6.21. The van der Waals surface area contributed by atoms with E-state index in [1.165, 1.54) is 0 Å². The van der Waals surface area contributed by atoms with Crippen molar-refractivity contribution in [2.75, 3.05) is 6.54 Å². The highest BCUT2D eigenvalue weighted by atomic mass is 16.5. The summed E-state index contributed by atoms with van der Waals surface area (Å²) in [5, 5.41) is 9.71. The van der Waals surface area contributed by atoms with Crippen LogP contribution in [0.15, 0.2) is 0 Å². The van der Waals surface area contributed by atoms with Crippen LogP contribution in [0.2, 0.25) is 0 Å². The predicted octanol–water partition coefficient (Wildman–Crippen LogP) is 1.02. The average Bonchev–Trinajstić information content (AvgIpc) is 2.20. The molecule has 0 aromatic carbocycles. The van der Waals surface area contributed by atoms with Crippen LogP contribution in [0, 0.1) is 5.92 Å². The first-order chi connectivity index (χ1) is 4.75. The quantitative estimate of drug-likeness (QED) is 0.586. The molecule has 1 aliphatic heterocycles. The lowest BCUT2D eigenvalue weighted by molar-refractivity contribution is -0.160. The van der Waals surface area contributed by atoms with E-state index in [1.54, 1.807) is 0 Å². The molecule has 0 bridgehead atoms. The third-order valence-electron chi connectivity index (χ3n) is 1.93. The molecule has 0 aliphatic carbocycles. The van der Waals surface area contributed by atoms with Crippen molar-refractivity contribution in [2.45, 2.75) is 26.2 Å². The van der Waals surface area contributed by atoms with E-state index >= 15 is 0 Å². The van der Waals surface area contributed by atoms with E-state index in [-0.39, 0.29) is 11.8 Å². The van der Waals surface area contributed by atoms with E-state index in [0.717, 1.165) is 24.3 Å². The lowest BCUT2D eigenvalue weighted by Gasteiger charge is -2.06. The second kappa shape index (κ2) is 3.01. The van der Waals surface area contributed by atoms with Crippen molar-refractivity contribution in [3.63, 3.8) is 0 Å². The Labute approximate surface area is 60.6 Å². The van der Waals surface area contributed by atoms with E-state index in [4.69, 9.17) is 5.21 Å². The molecule has 58 valence electrons. The van der Waals surface area contributed by atoms with Gasteiger partial charge in [0.05, 0.1) is 0 Å². The number of carbonyl (C=O) groups excluding carboxylic acids is 1. The molecule has 0 radical (unpaired) electrons. The molecule has 10 heavy (non-hydrogen) atoms. The van der Waals surface area contributed by atoms with Crippen LogP contribution in [-0.4, -0.2) is 22.7 Å². The first-order valence-corrected chi connectivity index (χ1v) is 3.76. The van der Waals surface area contributed by atoms with Crippen LogP contribution in [0.1, 0.15) is 26.2 Å². The van der Waals surface area contributed by atoms with Gasteiger partial charge in [0.25, 0.3) is 0 Å². The van der Waals surface area contributed by atoms with Crippen LogP contribution >= 0.6 is 0 Å². The molecule has 0 aromatic rings. The SMILES string of the molecule is CCCC1CCN(O)C1=O. The normalized spacial score (nSPS) is 26.0. The van der Waals surface area contributed by atoms with Crippen LogP contribution in [-0.2, 0) is 4.79 Å². The minimum Gasteiger partial charge on any atom is -0.286 e. The van der Waals surface area contributed by atoms with E-state index in [2.05, 4.69) is 0 Å². The molecule has 1 saturated heterocycles. The molecule has 1 heterocycles. The van der Waals surface area contributed by atoms with E-state index in [0.29, 0.717) is 6.54 Å². The number of carbonyl (C=O) groups is 1. The third-order valence-corrected chi connectivity index (χ3v) is 1.93. The summed E-state index contributed by atoms with van der Waals surface area (Å²) in [6.45, 7) is 2.57. The van der Waals surface area contributed by atoms with Crippen molar-refractivity contribution in [1.29, 1.82) is 0 Å². The van der Waals surface area contributed by atoms with Gasteiger partial charge < -0.3 is 0 Å². The predicted molar refractivity (Wildman–Crippen MR) is 36.5 cm³/mol. The van der Waals surface area contributed by atoms with Gasteiger partial charge in [-0.15, -0.1) is 0 Å². The van der Waals surface area contributed by atoms with E-state index in [1.807, 2.05) is 6.92 Å². The summed E-state index contributed by atoms with van der Waals surface area (Å²) in [5.41, 5.74) is 0. The number of nitrogens with zero attached hydrogens (tertiary/aromatic N) is 1. The molecule has 1 amide bonds. The molecule has 1 N–H and O–H groups in total. The smallest absolute Gasteiger partial charge is 0.249 e. The van der Waals surface area contributed by atoms with Gasteiger partial charge in [-0.2, -0.15) is 0 Å². The summed E-state index contributed by atoms with van der Waals surface area (Å²) in [6.07, 6.45) is 2.75. The zero-order valence-corrected chi connectivity index (χ0v) is 6.21. The number of hydrogen-bond acceptors (Lipinski definition) is 2. The Hall–Kier alpha value is -0.570.